The van der Waals surface area contributed by atoms with Gasteiger partial charge in [-0.25, -0.2) is 5.43 Å². The van der Waals surface area contributed by atoms with Gasteiger partial charge in [-0.15, -0.1) is 0 Å². The highest BCUT2D eigenvalue weighted by Gasteiger charge is 2.10. The van der Waals surface area contributed by atoms with Gasteiger partial charge in [0.2, 0.25) is 0 Å². The Morgan fingerprint density at radius 2 is 1.65 bits per heavy atom. The van der Waals surface area contributed by atoms with Crippen LogP contribution in [0, 0.1) is 0 Å². The van der Waals surface area contributed by atoms with Crippen molar-refractivity contribution in [1.29, 1.82) is 0 Å². The molecule has 7 nitrogen and oxygen atoms in total. The predicted octanol–water partition coefficient (Wildman–Crippen LogP) is 4.83. The molecule has 0 radical (unpaired) electrons. The first-order valence-electron chi connectivity index (χ1n) is 8.94. The average molecular weight is 503 g/mol. The van der Waals surface area contributed by atoms with E-state index in [4.69, 9.17) is 16.3 Å². The molecule has 0 saturated heterocycles. The number of phenolic OH excluding ortho intramolecular Hbond substituents is 1. The monoisotopic (exact) mass is 501 g/mol. The summed E-state index contributed by atoms with van der Waals surface area (Å²) in [5.74, 6) is -0.557. The third-order valence-corrected chi connectivity index (χ3v) is 4.88. The van der Waals surface area contributed by atoms with Crippen LogP contribution in [0.5, 0.6) is 11.5 Å². The van der Waals surface area contributed by atoms with Crippen LogP contribution in [0.25, 0.3) is 0 Å². The smallest absolute Gasteiger partial charge is 0.271 e. The number of rotatable bonds is 6. The Balaban J connectivity index is 1.62. The van der Waals surface area contributed by atoms with E-state index < -0.39 is 5.91 Å². The van der Waals surface area contributed by atoms with E-state index in [-0.39, 0.29) is 17.4 Å². The summed E-state index contributed by atoms with van der Waals surface area (Å²) in [6.07, 6.45) is 1.31. The summed E-state index contributed by atoms with van der Waals surface area (Å²) < 4.78 is 5.76. The van der Waals surface area contributed by atoms with Gasteiger partial charge in [0.05, 0.1) is 13.3 Å². The fraction of sp³-hybridized carbons (Fsp3) is 0.0455. The summed E-state index contributed by atoms with van der Waals surface area (Å²) in [4.78, 5) is 24.5. The number of hydrazone groups is 1. The number of methoxy groups -OCH3 is 1. The zero-order valence-electron chi connectivity index (χ0n) is 16.2. The molecular formula is C22H17BrClN3O4. The maximum Gasteiger partial charge on any atom is 0.271 e. The van der Waals surface area contributed by atoms with Crippen LogP contribution >= 0.6 is 27.5 Å². The van der Waals surface area contributed by atoms with Crippen LogP contribution in [0.15, 0.2) is 70.2 Å². The summed E-state index contributed by atoms with van der Waals surface area (Å²) in [5.41, 5.74) is 4.10. The minimum absolute atomic E-state index is 0.0931. The fourth-order valence-electron chi connectivity index (χ4n) is 2.58. The first-order chi connectivity index (χ1) is 14.9. The van der Waals surface area contributed by atoms with Crippen LogP contribution < -0.4 is 15.5 Å². The van der Waals surface area contributed by atoms with Gasteiger partial charge < -0.3 is 15.2 Å². The zero-order chi connectivity index (χ0) is 22.4. The quantitative estimate of drug-likeness (QED) is 0.332. The zero-order valence-corrected chi connectivity index (χ0v) is 18.6. The molecule has 0 heterocycles. The Bertz CT molecular complexity index is 1130. The van der Waals surface area contributed by atoms with Gasteiger partial charge in [-0.1, -0.05) is 27.5 Å². The number of halogens is 2. The van der Waals surface area contributed by atoms with E-state index in [0.29, 0.717) is 31.9 Å². The van der Waals surface area contributed by atoms with Crippen LogP contribution in [0.4, 0.5) is 5.69 Å². The number of carbonyl (C=O) groups is 2. The molecule has 3 N–H and O–H groups in total. The summed E-state index contributed by atoms with van der Waals surface area (Å²) in [5, 5.41) is 17.3. The fourth-order valence-corrected chi connectivity index (χ4v) is 3.16. The van der Waals surface area contributed by atoms with Crippen LogP contribution in [0.1, 0.15) is 26.3 Å². The highest BCUT2D eigenvalue weighted by molar-refractivity contribution is 9.10. The maximum atomic E-state index is 12.3. The molecule has 0 unspecified atom stereocenters. The van der Waals surface area contributed by atoms with Crippen molar-refractivity contribution in [3.05, 3.63) is 86.8 Å². The lowest BCUT2D eigenvalue weighted by molar-refractivity contribution is 0.0954. The average Bonchev–Trinajstić information content (AvgIpc) is 2.76. The van der Waals surface area contributed by atoms with Crippen molar-refractivity contribution in [3.8, 4) is 11.5 Å². The number of amides is 2. The van der Waals surface area contributed by atoms with E-state index in [9.17, 15) is 14.7 Å². The molecule has 0 aromatic heterocycles. The number of anilines is 1. The number of nitrogens with one attached hydrogen (secondary N) is 2. The van der Waals surface area contributed by atoms with E-state index in [1.807, 2.05) is 0 Å². The van der Waals surface area contributed by atoms with Crippen LogP contribution in [-0.4, -0.2) is 30.2 Å². The lowest BCUT2D eigenvalue weighted by Crippen LogP contribution is -2.18. The molecule has 0 aliphatic rings. The molecule has 3 aromatic rings. The molecule has 158 valence electrons. The maximum absolute atomic E-state index is 12.3. The second kappa shape index (κ2) is 10.1. The molecule has 0 bridgehead atoms. The van der Waals surface area contributed by atoms with E-state index in [1.54, 1.807) is 60.7 Å². The van der Waals surface area contributed by atoms with Crippen molar-refractivity contribution in [2.24, 2.45) is 5.10 Å². The van der Waals surface area contributed by atoms with E-state index in [1.165, 1.54) is 13.3 Å². The Morgan fingerprint density at radius 1 is 1.03 bits per heavy atom. The van der Waals surface area contributed by atoms with Crippen molar-refractivity contribution < 1.29 is 19.4 Å². The minimum atomic E-state index is -0.451. The van der Waals surface area contributed by atoms with Gasteiger partial charge in [0.1, 0.15) is 0 Å². The molecule has 3 aromatic carbocycles. The Kier molecular flexibility index (Phi) is 7.28. The molecule has 0 saturated carbocycles. The normalized spacial score (nSPS) is 10.7. The second-order valence-electron chi connectivity index (χ2n) is 6.28. The lowest BCUT2D eigenvalue weighted by atomic mass is 10.1. The highest BCUT2D eigenvalue weighted by Crippen LogP contribution is 2.32. The van der Waals surface area contributed by atoms with Gasteiger partial charge in [0.15, 0.2) is 11.5 Å². The molecule has 0 fully saturated rings. The van der Waals surface area contributed by atoms with Crippen LogP contribution in [0.2, 0.25) is 5.02 Å². The standard InChI is InChI=1S/C22H17BrClN3O4/c1-31-19-11-16(23)10-15(20(19)28)12-25-27-22(30)14-4-8-18(9-5-14)26-21(29)13-2-6-17(24)7-3-13/h2-12,28H,1H3,(H,26,29)(H,27,30)/b25-12+. The molecule has 0 aliphatic heterocycles. The third kappa shape index (κ3) is 5.84. The van der Waals surface area contributed by atoms with Gasteiger partial charge in [-0.05, 0) is 60.7 Å². The first-order valence-corrected chi connectivity index (χ1v) is 10.1. The second-order valence-corrected chi connectivity index (χ2v) is 7.64. The largest absolute Gasteiger partial charge is 0.504 e. The summed E-state index contributed by atoms with van der Waals surface area (Å²) in [6, 6.07) is 16.1. The van der Waals surface area contributed by atoms with Crippen molar-refractivity contribution in [3.63, 3.8) is 0 Å². The molecular weight excluding hydrogens is 486 g/mol. The van der Waals surface area contributed by atoms with Crippen LogP contribution in [0.3, 0.4) is 0 Å². The summed E-state index contributed by atoms with van der Waals surface area (Å²) in [7, 11) is 1.44. The Hall–Kier alpha value is -3.36. The molecule has 31 heavy (non-hydrogen) atoms. The van der Waals surface area contributed by atoms with Gasteiger partial charge in [0, 0.05) is 31.9 Å². The number of nitrogens with zero attached hydrogens (tertiary/aromatic N) is 1. The molecule has 2 amide bonds. The Morgan fingerprint density at radius 3 is 2.29 bits per heavy atom. The number of hydrogen-bond acceptors (Lipinski definition) is 5. The van der Waals surface area contributed by atoms with Crippen LogP contribution in [-0.2, 0) is 0 Å². The van der Waals surface area contributed by atoms with Crippen molar-refractivity contribution in [2.75, 3.05) is 12.4 Å². The molecule has 3 rings (SSSR count). The van der Waals surface area contributed by atoms with Gasteiger partial charge >= 0.3 is 0 Å². The molecule has 0 atom stereocenters. The van der Waals surface area contributed by atoms with Crippen molar-refractivity contribution >= 4 is 51.2 Å². The van der Waals surface area contributed by atoms with Gasteiger partial charge in [-0.2, -0.15) is 5.10 Å². The van der Waals surface area contributed by atoms with Crippen molar-refractivity contribution in [1.82, 2.24) is 5.43 Å². The minimum Gasteiger partial charge on any atom is -0.504 e. The van der Waals surface area contributed by atoms with Crippen molar-refractivity contribution in [2.45, 2.75) is 0 Å². The molecule has 0 aliphatic carbocycles. The number of aromatic hydroxyl groups is 1. The summed E-state index contributed by atoms with van der Waals surface area (Å²) in [6.45, 7) is 0. The SMILES string of the molecule is COc1cc(Br)cc(/C=N/NC(=O)c2ccc(NC(=O)c3ccc(Cl)cc3)cc2)c1O. The number of carbonyl (C=O) groups excluding carboxylic acids is 2. The lowest BCUT2D eigenvalue weighted by Gasteiger charge is -2.07. The van der Waals surface area contributed by atoms with E-state index in [0.717, 1.165) is 0 Å². The molecule has 0 spiro atoms. The highest BCUT2D eigenvalue weighted by atomic mass is 79.9. The number of hydrogen-bond donors (Lipinski definition) is 3. The number of ether oxygens (including phenoxy) is 1. The van der Waals surface area contributed by atoms with E-state index >= 15 is 0 Å². The predicted molar refractivity (Wildman–Crippen MR) is 123 cm³/mol. The molecule has 9 heteroatoms. The summed E-state index contributed by atoms with van der Waals surface area (Å²) >= 11 is 9.13. The topological polar surface area (TPSA) is 100 Å². The first kappa shape index (κ1) is 22.3. The van der Waals surface area contributed by atoms with Gasteiger partial charge in [-0.3, -0.25) is 9.59 Å². The van der Waals surface area contributed by atoms with E-state index in [2.05, 4.69) is 31.8 Å². The Labute approximate surface area is 191 Å². The number of benzene rings is 3. The third-order valence-electron chi connectivity index (χ3n) is 4.17. The number of phenols is 1. The van der Waals surface area contributed by atoms with Gasteiger partial charge in [0.25, 0.3) is 11.8 Å².